The molecule has 0 unspecified atom stereocenters. The summed E-state index contributed by atoms with van der Waals surface area (Å²) < 4.78 is 5.79. The van der Waals surface area contributed by atoms with E-state index in [-0.39, 0.29) is 5.54 Å². The van der Waals surface area contributed by atoms with Crippen LogP contribution in [0.4, 0.5) is 0 Å². The number of hydrogen-bond donors (Lipinski definition) is 1. The summed E-state index contributed by atoms with van der Waals surface area (Å²) in [6, 6.07) is 7.69. The number of halogens is 1. The molecule has 0 aliphatic heterocycles. The maximum atomic E-state index is 6.07. The predicted octanol–water partition coefficient (Wildman–Crippen LogP) is 4.51. The summed E-state index contributed by atoms with van der Waals surface area (Å²) in [4.78, 5) is 4.25. The largest absolute Gasteiger partial charge is 0.464 e. The van der Waals surface area contributed by atoms with Gasteiger partial charge in [-0.1, -0.05) is 23.4 Å². The zero-order chi connectivity index (χ0) is 14.6. The summed E-state index contributed by atoms with van der Waals surface area (Å²) in [6.45, 7) is 7.14. The van der Waals surface area contributed by atoms with Gasteiger partial charge < -0.3 is 9.73 Å². The maximum Gasteiger partial charge on any atom is 0.118 e. The van der Waals surface area contributed by atoms with E-state index in [1.807, 2.05) is 24.3 Å². The Kier molecular flexibility index (Phi) is 5.13. The van der Waals surface area contributed by atoms with Crippen LogP contribution in [0, 0.1) is 0 Å². The monoisotopic (exact) mass is 310 g/mol. The van der Waals surface area contributed by atoms with Gasteiger partial charge in [0.2, 0.25) is 0 Å². The van der Waals surface area contributed by atoms with Crippen LogP contribution in [-0.4, -0.2) is 10.5 Å². The maximum absolute atomic E-state index is 6.07. The third-order valence-corrected chi connectivity index (χ3v) is 4.03. The van der Waals surface area contributed by atoms with E-state index in [0.717, 1.165) is 28.8 Å². The van der Waals surface area contributed by atoms with Gasteiger partial charge in [0.1, 0.15) is 16.5 Å². The molecule has 20 heavy (non-hydrogen) atoms. The topological polar surface area (TPSA) is 38.1 Å². The molecule has 0 bridgehead atoms. The van der Waals surface area contributed by atoms with E-state index in [9.17, 15) is 0 Å². The molecule has 3 nitrogen and oxygen atoms in total. The molecule has 2 aromatic heterocycles. The second kappa shape index (κ2) is 6.66. The van der Waals surface area contributed by atoms with E-state index >= 15 is 0 Å². The minimum Gasteiger partial charge on any atom is -0.464 e. The molecule has 0 saturated heterocycles. The summed E-state index contributed by atoms with van der Waals surface area (Å²) in [5.74, 6) is 2.61. The summed E-state index contributed by atoms with van der Waals surface area (Å²) in [6.07, 6.45) is 1.75. The molecule has 2 rings (SSSR count). The van der Waals surface area contributed by atoms with Gasteiger partial charge in [-0.3, -0.25) is 0 Å². The number of rotatable bonds is 5. The molecule has 0 aliphatic carbocycles. The van der Waals surface area contributed by atoms with Crippen LogP contribution in [0.15, 0.2) is 39.9 Å². The zero-order valence-electron chi connectivity index (χ0n) is 11.9. The third-order valence-electron chi connectivity index (χ3n) is 2.59. The molecule has 2 heterocycles. The fourth-order valence-corrected chi connectivity index (χ4v) is 2.62. The average Bonchev–Trinajstić information content (AvgIpc) is 2.83. The highest BCUT2D eigenvalue weighted by atomic mass is 35.5. The van der Waals surface area contributed by atoms with Crippen molar-refractivity contribution in [1.29, 1.82) is 0 Å². The van der Waals surface area contributed by atoms with Gasteiger partial charge in [-0.2, -0.15) is 0 Å². The fraction of sp³-hybridized carbons (Fsp3) is 0.400. The van der Waals surface area contributed by atoms with Crippen molar-refractivity contribution in [1.82, 2.24) is 10.3 Å². The Balaban J connectivity index is 1.89. The lowest BCUT2D eigenvalue weighted by molar-refractivity contribution is 0.382. The number of furan rings is 1. The number of nitrogens with one attached hydrogen (secondary N) is 1. The van der Waals surface area contributed by atoms with Crippen molar-refractivity contribution < 1.29 is 4.42 Å². The van der Waals surface area contributed by atoms with Crippen LogP contribution in [0.2, 0.25) is 5.02 Å². The first-order valence-corrected chi connectivity index (χ1v) is 7.86. The summed E-state index contributed by atoms with van der Waals surface area (Å²) in [7, 11) is 0. The van der Waals surface area contributed by atoms with Gasteiger partial charge in [0.05, 0.1) is 17.3 Å². The molecule has 0 aliphatic rings. The fourth-order valence-electron chi connectivity index (χ4n) is 1.56. The number of nitrogens with zero attached hydrogens (tertiary/aromatic N) is 1. The summed E-state index contributed by atoms with van der Waals surface area (Å²) >= 11 is 7.65. The second-order valence-corrected chi connectivity index (χ2v) is 6.92. The minimum absolute atomic E-state index is 0.0865. The van der Waals surface area contributed by atoms with Crippen molar-refractivity contribution in [3.63, 3.8) is 0 Å². The Labute approximate surface area is 129 Å². The highest BCUT2D eigenvalue weighted by Gasteiger charge is 2.11. The number of pyridine rings is 1. The molecular formula is C15H19ClN2OS. The van der Waals surface area contributed by atoms with Crippen LogP contribution in [0.5, 0.6) is 0 Å². The highest BCUT2D eigenvalue weighted by molar-refractivity contribution is 7.98. The van der Waals surface area contributed by atoms with Crippen LogP contribution >= 0.6 is 23.4 Å². The quantitative estimate of drug-likeness (QED) is 0.825. The Hall–Kier alpha value is -0.970. The minimum atomic E-state index is 0.0865. The Morgan fingerprint density at radius 1 is 1.25 bits per heavy atom. The first-order chi connectivity index (χ1) is 9.44. The van der Waals surface area contributed by atoms with E-state index in [1.165, 1.54) is 0 Å². The smallest absolute Gasteiger partial charge is 0.118 e. The second-order valence-electron chi connectivity index (χ2n) is 5.55. The van der Waals surface area contributed by atoms with Gasteiger partial charge in [-0.25, -0.2) is 4.98 Å². The van der Waals surface area contributed by atoms with Crippen molar-refractivity contribution in [2.24, 2.45) is 0 Å². The molecule has 108 valence electrons. The Bertz CT molecular complexity index is 563. The van der Waals surface area contributed by atoms with Crippen molar-refractivity contribution in [2.45, 2.75) is 43.6 Å². The van der Waals surface area contributed by atoms with Crippen molar-refractivity contribution in [3.05, 3.63) is 47.0 Å². The van der Waals surface area contributed by atoms with E-state index in [1.54, 1.807) is 18.0 Å². The van der Waals surface area contributed by atoms with Crippen LogP contribution < -0.4 is 5.32 Å². The van der Waals surface area contributed by atoms with Gasteiger partial charge in [0, 0.05) is 11.7 Å². The van der Waals surface area contributed by atoms with E-state index in [2.05, 4.69) is 31.1 Å². The van der Waals surface area contributed by atoms with Crippen molar-refractivity contribution in [2.75, 3.05) is 0 Å². The van der Waals surface area contributed by atoms with Crippen molar-refractivity contribution in [3.8, 4) is 0 Å². The highest BCUT2D eigenvalue weighted by Crippen LogP contribution is 2.27. The summed E-state index contributed by atoms with van der Waals surface area (Å²) in [5.41, 5.74) is 0.0865. The normalized spacial score (nSPS) is 11.8. The standard InChI is InChI=1S/C15H19ClN2OS/c1-15(2,3)18-9-11-6-7-12(19-11)10-20-14-13(16)5-4-8-17-14/h4-8,18H,9-10H2,1-3H3. The molecular weight excluding hydrogens is 292 g/mol. The van der Waals surface area contributed by atoms with Crippen LogP contribution in [0.3, 0.4) is 0 Å². The number of hydrogen-bond acceptors (Lipinski definition) is 4. The summed E-state index contributed by atoms with van der Waals surface area (Å²) in [5, 5.41) is 4.91. The first kappa shape index (κ1) is 15.4. The molecule has 2 aromatic rings. The van der Waals surface area contributed by atoms with Crippen LogP contribution in [0.25, 0.3) is 0 Å². The lowest BCUT2D eigenvalue weighted by atomic mass is 10.1. The van der Waals surface area contributed by atoms with Gasteiger partial charge in [0.25, 0.3) is 0 Å². The molecule has 0 radical (unpaired) electrons. The van der Waals surface area contributed by atoms with Crippen LogP contribution in [0.1, 0.15) is 32.3 Å². The average molecular weight is 311 g/mol. The molecule has 0 spiro atoms. The molecule has 5 heteroatoms. The number of thioether (sulfide) groups is 1. The third kappa shape index (κ3) is 4.85. The molecule has 0 saturated carbocycles. The number of aromatic nitrogens is 1. The predicted molar refractivity (Wildman–Crippen MR) is 84.1 cm³/mol. The van der Waals surface area contributed by atoms with Gasteiger partial charge in [-0.05, 0) is 45.0 Å². The van der Waals surface area contributed by atoms with E-state index < -0.39 is 0 Å². The van der Waals surface area contributed by atoms with Gasteiger partial charge in [-0.15, -0.1) is 0 Å². The van der Waals surface area contributed by atoms with Crippen molar-refractivity contribution >= 4 is 23.4 Å². The molecule has 0 fully saturated rings. The van der Waals surface area contributed by atoms with E-state index in [4.69, 9.17) is 16.0 Å². The molecule has 1 N–H and O–H groups in total. The SMILES string of the molecule is CC(C)(C)NCc1ccc(CSc2ncccc2Cl)o1. The lowest BCUT2D eigenvalue weighted by Gasteiger charge is -2.19. The lowest BCUT2D eigenvalue weighted by Crippen LogP contribution is -2.34. The van der Waals surface area contributed by atoms with Gasteiger partial charge in [0.15, 0.2) is 0 Å². The first-order valence-electron chi connectivity index (χ1n) is 6.50. The molecule has 0 aromatic carbocycles. The Morgan fingerprint density at radius 2 is 2.00 bits per heavy atom. The molecule has 0 amide bonds. The van der Waals surface area contributed by atoms with Crippen LogP contribution in [-0.2, 0) is 12.3 Å². The van der Waals surface area contributed by atoms with Gasteiger partial charge >= 0.3 is 0 Å². The van der Waals surface area contributed by atoms with E-state index in [0.29, 0.717) is 5.02 Å². The molecule has 0 atom stereocenters. The Morgan fingerprint density at radius 3 is 2.70 bits per heavy atom. The zero-order valence-corrected chi connectivity index (χ0v) is 13.5.